The molecule has 1 N–H and O–H groups in total. The number of anilines is 1. The Balaban J connectivity index is 0.00000320. The molecule has 0 spiro atoms. The zero-order valence-corrected chi connectivity index (χ0v) is 20.0. The van der Waals surface area contributed by atoms with Crippen LogP contribution in [0.3, 0.4) is 0 Å². The number of halogens is 2. The van der Waals surface area contributed by atoms with Gasteiger partial charge in [-0.3, -0.25) is 9.79 Å². The largest absolute Gasteiger partial charge is 0.366 e. The Hall–Kier alpha value is -2.10. The Morgan fingerprint density at radius 3 is 2.47 bits per heavy atom. The molecule has 2 heterocycles. The van der Waals surface area contributed by atoms with Gasteiger partial charge in [0.15, 0.2) is 5.96 Å². The number of aromatic nitrogens is 1. The number of hydrogen-bond acceptors (Lipinski definition) is 3. The first kappa shape index (κ1) is 24.2. The van der Waals surface area contributed by atoms with Gasteiger partial charge in [0.1, 0.15) is 5.82 Å². The Morgan fingerprint density at radius 2 is 1.80 bits per heavy atom. The number of para-hydroxylation sites is 1. The number of nitrogens with one attached hydrogen (secondary N) is 1. The van der Waals surface area contributed by atoms with E-state index in [1.54, 1.807) is 25.2 Å². The molecule has 3 rings (SSSR count). The van der Waals surface area contributed by atoms with Crippen LogP contribution in [0.2, 0.25) is 0 Å². The Bertz CT molecular complexity index is 893. The molecule has 0 unspecified atom stereocenters. The minimum Gasteiger partial charge on any atom is -0.366 e. The molecule has 6 nitrogen and oxygen atoms in total. The number of benzene rings is 1. The van der Waals surface area contributed by atoms with Gasteiger partial charge in [-0.25, -0.2) is 4.39 Å². The highest BCUT2D eigenvalue weighted by Crippen LogP contribution is 2.20. The van der Waals surface area contributed by atoms with Crippen molar-refractivity contribution in [2.75, 3.05) is 44.7 Å². The maximum absolute atomic E-state index is 14.0. The van der Waals surface area contributed by atoms with Crippen molar-refractivity contribution >= 4 is 35.6 Å². The second-order valence-electron chi connectivity index (χ2n) is 7.26. The lowest BCUT2D eigenvalue weighted by Gasteiger charge is -2.37. The van der Waals surface area contributed by atoms with Gasteiger partial charge in [0.05, 0.1) is 5.69 Å². The summed E-state index contributed by atoms with van der Waals surface area (Å²) in [5, 5.41) is 3.42. The van der Waals surface area contributed by atoms with Gasteiger partial charge >= 0.3 is 0 Å². The number of aryl methyl sites for hydroxylation is 1. The van der Waals surface area contributed by atoms with Gasteiger partial charge in [-0.05, 0) is 38.0 Å². The van der Waals surface area contributed by atoms with Crippen LogP contribution in [0.5, 0.6) is 0 Å². The van der Waals surface area contributed by atoms with Crippen molar-refractivity contribution in [3.63, 3.8) is 0 Å². The maximum atomic E-state index is 14.0. The highest BCUT2D eigenvalue weighted by atomic mass is 127. The predicted octanol–water partition coefficient (Wildman–Crippen LogP) is 3.09. The van der Waals surface area contributed by atoms with E-state index in [1.165, 1.54) is 6.07 Å². The van der Waals surface area contributed by atoms with Gasteiger partial charge in [0.2, 0.25) is 0 Å². The summed E-state index contributed by atoms with van der Waals surface area (Å²) < 4.78 is 15.8. The fraction of sp³-hybridized carbons (Fsp3) is 0.455. The summed E-state index contributed by atoms with van der Waals surface area (Å²) in [6, 6.07) is 12.3. The van der Waals surface area contributed by atoms with Crippen molar-refractivity contribution in [1.29, 1.82) is 0 Å². The van der Waals surface area contributed by atoms with Crippen LogP contribution in [0, 0.1) is 12.7 Å². The molecule has 30 heavy (non-hydrogen) atoms. The van der Waals surface area contributed by atoms with Crippen LogP contribution < -0.4 is 15.8 Å². The minimum absolute atomic E-state index is 0. The van der Waals surface area contributed by atoms with Crippen LogP contribution in [-0.2, 0) is 6.54 Å². The lowest BCUT2D eigenvalue weighted by Crippen LogP contribution is -2.52. The lowest BCUT2D eigenvalue weighted by atomic mass is 10.2. The van der Waals surface area contributed by atoms with Gasteiger partial charge in [-0.1, -0.05) is 18.2 Å². The highest BCUT2D eigenvalue weighted by Gasteiger charge is 2.21. The first-order valence-electron chi connectivity index (χ1n) is 10.2. The van der Waals surface area contributed by atoms with Crippen molar-refractivity contribution in [2.24, 2.45) is 4.99 Å². The monoisotopic (exact) mass is 527 g/mol. The average Bonchev–Trinajstić information content (AvgIpc) is 2.73. The van der Waals surface area contributed by atoms with Crippen molar-refractivity contribution in [3.8, 4) is 0 Å². The molecule has 0 atom stereocenters. The number of unbranched alkanes of at least 4 members (excludes halogenated alkanes) is 1. The third kappa shape index (κ3) is 6.20. The standard InChI is InChI=1S/C22H30FN5O.HI/c1-18-8-7-11-21(29)28(18)13-6-5-12-25-22(24-2)27-16-14-26(15-17-27)20-10-4-3-9-19(20)23;/h3-4,7-11H,5-6,12-17H2,1-2H3,(H,24,25);1H. The Morgan fingerprint density at radius 1 is 1.07 bits per heavy atom. The van der Waals surface area contributed by atoms with Gasteiger partial charge in [0.25, 0.3) is 5.56 Å². The van der Waals surface area contributed by atoms with Crippen LogP contribution in [0.1, 0.15) is 18.5 Å². The molecule has 1 saturated heterocycles. The fourth-order valence-electron chi connectivity index (χ4n) is 3.70. The Labute approximate surface area is 194 Å². The Kier molecular flexibility index (Phi) is 9.61. The van der Waals surface area contributed by atoms with E-state index < -0.39 is 0 Å². The number of piperazine rings is 1. The normalized spacial score (nSPS) is 14.4. The molecule has 1 aromatic heterocycles. The molecule has 0 aliphatic carbocycles. The van der Waals surface area contributed by atoms with Gasteiger partial charge in [0, 0.05) is 58.1 Å². The summed E-state index contributed by atoms with van der Waals surface area (Å²) in [6.45, 7) is 6.62. The van der Waals surface area contributed by atoms with Gasteiger partial charge < -0.3 is 19.7 Å². The number of pyridine rings is 1. The molecule has 1 fully saturated rings. The fourth-order valence-corrected chi connectivity index (χ4v) is 3.70. The summed E-state index contributed by atoms with van der Waals surface area (Å²) in [7, 11) is 1.79. The summed E-state index contributed by atoms with van der Waals surface area (Å²) in [4.78, 5) is 20.6. The summed E-state index contributed by atoms with van der Waals surface area (Å²) in [6.07, 6.45) is 1.88. The molecule has 0 bridgehead atoms. The smallest absolute Gasteiger partial charge is 0.250 e. The second kappa shape index (κ2) is 11.9. The van der Waals surface area contributed by atoms with Crippen molar-refractivity contribution in [3.05, 3.63) is 64.3 Å². The van der Waals surface area contributed by atoms with E-state index in [0.29, 0.717) is 5.69 Å². The second-order valence-corrected chi connectivity index (χ2v) is 7.26. The van der Waals surface area contributed by atoms with Crippen LogP contribution in [-0.4, -0.2) is 55.2 Å². The van der Waals surface area contributed by atoms with E-state index in [0.717, 1.165) is 63.8 Å². The van der Waals surface area contributed by atoms with Gasteiger partial charge in [-0.2, -0.15) is 0 Å². The molecule has 1 aliphatic heterocycles. The quantitative estimate of drug-likeness (QED) is 0.272. The first-order valence-corrected chi connectivity index (χ1v) is 10.2. The number of rotatable bonds is 6. The minimum atomic E-state index is -0.170. The summed E-state index contributed by atoms with van der Waals surface area (Å²) in [5.41, 5.74) is 1.72. The SMILES string of the molecule is CN=C(NCCCCn1c(C)cccc1=O)N1CCN(c2ccccc2F)CC1.I. The number of aliphatic imine (C=N–C) groups is 1. The van der Waals surface area contributed by atoms with E-state index >= 15 is 0 Å². The van der Waals surface area contributed by atoms with Gasteiger partial charge in [-0.15, -0.1) is 24.0 Å². The third-order valence-corrected chi connectivity index (χ3v) is 5.34. The van der Waals surface area contributed by atoms with E-state index in [-0.39, 0.29) is 35.4 Å². The molecule has 0 amide bonds. The lowest BCUT2D eigenvalue weighted by molar-refractivity contribution is 0.370. The predicted molar refractivity (Wildman–Crippen MR) is 132 cm³/mol. The molecule has 2 aromatic rings. The molecular formula is C22H31FIN5O. The van der Waals surface area contributed by atoms with Crippen LogP contribution in [0.4, 0.5) is 10.1 Å². The molecule has 1 aliphatic rings. The van der Waals surface area contributed by atoms with E-state index in [4.69, 9.17) is 0 Å². The van der Waals surface area contributed by atoms with E-state index in [2.05, 4.69) is 20.1 Å². The zero-order valence-electron chi connectivity index (χ0n) is 17.7. The molecular weight excluding hydrogens is 496 g/mol. The van der Waals surface area contributed by atoms with Crippen LogP contribution in [0.15, 0.2) is 52.3 Å². The molecule has 164 valence electrons. The topological polar surface area (TPSA) is 52.9 Å². The molecule has 0 radical (unpaired) electrons. The molecule has 8 heteroatoms. The van der Waals surface area contributed by atoms with Crippen molar-refractivity contribution in [1.82, 2.24) is 14.8 Å². The van der Waals surface area contributed by atoms with E-state index in [1.807, 2.05) is 29.7 Å². The van der Waals surface area contributed by atoms with Crippen LogP contribution >= 0.6 is 24.0 Å². The van der Waals surface area contributed by atoms with E-state index in [9.17, 15) is 9.18 Å². The summed E-state index contributed by atoms with van der Waals surface area (Å²) >= 11 is 0. The maximum Gasteiger partial charge on any atom is 0.250 e. The molecule has 1 aromatic carbocycles. The molecule has 0 saturated carbocycles. The average molecular weight is 527 g/mol. The number of guanidine groups is 1. The third-order valence-electron chi connectivity index (χ3n) is 5.34. The summed E-state index contributed by atoms with van der Waals surface area (Å²) in [5.74, 6) is 0.711. The van der Waals surface area contributed by atoms with Crippen molar-refractivity contribution < 1.29 is 4.39 Å². The first-order chi connectivity index (χ1) is 14.1. The van der Waals surface area contributed by atoms with Crippen LogP contribution in [0.25, 0.3) is 0 Å². The number of nitrogens with zero attached hydrogens (tertiary/aromatic N) is 4. The van der Waals surface area contributed by atoms with Crippen molar-refractivity contribution in [2.45, 2.75) is 26.3 Å². The highest BCUT2D eigenvalue weighted by molar-refractivity contribution is 14.0. The number of hydrogen-bond donors (Lipinski definition) is 1. The zero-order chi connectivity index (χ0) is 20.6.